The largest absolute Gasteiger partial charge is 0.416 e. The lowest BCUT2D eigenvalue weighted by Crippen LogP contribution is -2.35. The molecule has 1 saturated heterocycles. The van der Waals surface area contributed by atoms with Gasteiger partial charge in [-0.05, 0) is 43.2 Å². The minimum atomic E-state index is -4.38. The maximum atomic E-state index is 13.2. The summed E-state index contributed by atoms with van der Waals surface area (Å²) >= 11 is 0. The minimum Gasteiger partial charge on any atom is -0.265 e. The lowest BCUT2D eigenvalue weighted by Gasteiger charge is -2.44. The van der Waals surface area contributed by atoms with E-state index in [2.05, 4.69) is 30.4 Å². The molecule has 7 heteroatoms. The molecule has 1 aromatic carbocycles. The van der Waals surface area contributed by atoms with Gasteiger partial charge in [-0.25, -0.2) is 4.74 Å². The average molecular weight is 395 g/mol. The van der Waals surface area contributed by atoms with Gasteiger partial charge in [0.05, 0.1) is 18.5 Å². The maximum absolute atomic E-state index is 13.2. The van der Waals surface area contributed by atoms with Crippen molar-refractivity contribution >= 4 is 18.2 Å². The monoisotopic (exact) mass is 395 g/mol. The van der Waals surface area contributed by atoms with Crippen LogP contribution in [-0.2, 0) is 6.18 Å². The third kappa shape index (κ3) is 3.97. The number of halogens is 3. The molecule has 0 N–H and O–H groups in total. The minimum absolute atomic E-state index is 0.229. The Hall–Kier alpha value is -1.65. The average Bonchev–Trinajstić information content (AvgIpc) is 3.13. The van der Waals surface area contributed by atoms with Crippen LogP contribution in [0.5, 0.6) is 0 Å². The van der Waals surface area contributed by atoms with Crippen molar-refractivity contribution in [1.82, 2.24) is 9.65 Å². The summed E-state index contributed by atoms with van der Waals surface area (Å²) in [5.74, 6) is 0. The van der Waals surface area contributed by atoms with Gasteiger partial charge in [0, 0.05) is 35.9 Å². The highest BCUT2D eigenvalue weighted by Gasteiger charge is 2.42. The van der Waals surface area contributed by atoms with Crippen LogP contribution in [-0.4, -0.2) is 27.9 Å². The van der Waals surface area contributed by atoms with Crippen molar-refractivity contribution in [3.05, 3.63) is 54.4 Å². The van der Waals surface area contributed by atoms with Gasteiger partial charge in [0.15, 0.2) is 0 Å². The van der Waals surface area contributed by atoms with Crippen molar-refractivity contribution in [3.8, 4) is 0 Å². The van der Waals surface area contributed by atoms with Crippen LogP contribution in [0.1, 0.15) is 39.2 Å². The van der Waals surface area contributed by atoms with Gasteiger partial charge < -0.3 is 0 Å². The molecule has 3 nitrogen and oxygen atoms in total. The third-order valence-electron chi connectivity index (χ3n) is 4.88. The Balaban J connectivity index is 2.28. The number of nitrogens with zero attached hydrogens (tertiary/aromatic N) is 3. The van der Waals surface area contributed by atoms with Crippen LogP contribution in [0.3, 0.4) is 0 Å². The van der Waals surface area contributed by atoms with Crippen LogP contribution in [0, 0.1) is 0 Å². The number of hydrogen-bond donors (Lipinski definition) is 0. The molecule has 1 aliphatic heterocycles. The molecular weight excluding hydrogens is 370 g/mol. The topological polar surface area (TPSA) is 28.5 Å². The third-order valence-corrected chi connectivity index (χ3v) is 9.51. The van der Waals surface area contributed by atoms with Crippen LogP contribution in [0.2, 0.25) is 0 Å². The first kappa shape index (κ1) is 20.1. The van der Waals surface area contributed by atoms with Crippen molar-refractivity contribution in [2.45, 2.75) is 44.9 Å². The van der Waals surface area contributed by atoms with E-state index in [9.17, 15) is 13.2 Å². The molecule has 0 aliphatic carbocycles. The fraction of sp³-hybridized carbons (Fsp3) is 0.450. The van der Waals surface area contributed by atoms with Crippen LogP contribution in [0.25, 0.3) is 0 Å². The fourth-order valence-corrected chi connectivity index (χ4v) is 8.06. The van der Waals surface area contributed by atoms with Gasteiger partial charge in [-0.2, -0.15) is 13.2 Å². The molecule has 0 unspecified atom stereocenters. The van der Waals surface area contributed by atoms with E-state index >= 15 is 0 Å². The zero-order valence-corrected chi connectivity index (χ0v) is 16.8. The summed E-state index contributed by atoms with van der Waals surface area (Å²) < 4.78 is 47.1. The highest BCUT2D eigenvalue weighted by molar-refractivity contribution is 7.73. The lowest BCUT2D eigenvalue weighted by atomic mass is 10.2. The molecule has 0 spiro atoms. The summed E-state index contributed by atoms with van der Waals surface area (Å²) in [5, 5.41) is 0.830. The lowest BCUT2D eigenvalue weighted by molar-refractivity contribution is -0.137. The second-order valence-corrected chi connectivity index (χ2v) is 11.6. The van der Waals surface area contributed by atoms with E-state index in [1.807, 2.05) is 12.1 Å². The Bertz CT molecular complexity index is 836. The van der Waals surface area contributed by atoms with E-state index in [4.69, 9.17) is 4.74 Å². The Kier molecular flexibility index (Phi) is 5.51. The molecule has 1 aliphatic rings. The van der Waals surface area contributed by atoms with Gasteiger partial charge in [0.25, 0.3) is 0 Å². The molecular formula is C20H25F3N3P. The zero-order chi connectivity index (χ0) is 19.7. The normalized spacial score (nSPS) is 18.3. The van der Waals surface area contributed by atoms with Crippen LogP contribution < -0.4 is 5.30 Å². The van der Waals surface area contributed by atoms with E-state index in [1.165, 1.54) is 6.07 Å². The van der Waals surface area contributed by atoms with E-state index < -0.39 is 18.9 Å². The van der Waals surface area contributed by atoms with E-state index in [1.54, 1.807) is 18.5 Å². The predicted octanol–water partition coefficient (Wildman–Crippen LogP) is 6.07. The summed E-state index contributed by atoms with van der Waals surface area (Å²) in [5.41, 5.74) is -0.274. The Labute approximate surface area is 158 Å². The summed E-state index contributed by atoms with van der Waals surface area (Å²) in [6.45, 7) is 8.23. The van der Waals surface area contributed by atoms with E-state index in [0.29, 0.717) is 5.69 Å². The van der Waals surface area contributed by atoms with Crippen molar-refractivity contribution in [2.24, 2.45) is 4.74 Å². The SMILES string of the molecule is CC(C)(C)[P@](=Nc1cccc(C(F)(F)F)c1)(c1ccncc1)N1CCCC1. The molecule has 0 saturated carbocycles. The quantitative estimate of drug-likeness (QED) is 0.590. The molecule has 1 fully saturated rings. The number of alkyl halides is 3. The molecule has 146 valence electrons. The summed E-state index contributed by atoms with van der Waals surface area (Å²) in [6, 6.07) is 9.31. The zero-order valence-electron chi connectivity index (χ0n) is 15.9. The summed E-state index contributed by atoms with van der Waals surface area (Å²) in [7, 11) is -2.32. The fourth-order valence-electron chi connectivity index (χ4n) is 3.70. The molecule has 2 aromatic rings. The Morgan fingerprint density at radius 2 is 1.63 bits per heavy atom. The van der Waals surface area contributed by atoms with Gasteiger partial charge in [-0.15, -0.1) is 0 Å². The Morgan fingerprint density at radius 3 is 2.19 bits per heavy atom. The first-order valence-corrected chi connectivity index (χ1v) is 10.8. The molecule has 0 bridgehead atoms. The first-order chi connectivity index (χ1) is 12.6. The van der Waals surface area contributed by atoms with Crippen molar-refractivity contribution in [1.29, 1.82) is 0 Å². The van der Waals surface area contributed by atoms with E-state index in [-0.39, 0.29) is 5.16 Å². The van der Waals surface area contributed by atoms with Crippen LogP contribution in [0.4, 0.5) is 18.9 Å². The van der Waals surface area contributed by atoms with Gasteiger partial charge in [0.2, 0.25) is 0 Å². The van der Waals surface area contributed by atoms with Gasteiger partial charge >= 0.3 is 6.18 Å². The number of benzene rings is 1. The highest BCUT2D eigenvalue weighted by atomic mass is 31.2. The summed E-state index contributed by atoms with van der Waals surface area (Å²) in [6.07, 6.45) is 1.28. The van der Waals surface area contributed by atoms with Gasteiger partial charge in [-0.3, -0.25) is 9.65 Å². The standard InChI is InChI=1S/C20H25F3N3P/c1-19(2,3)27(26-13-4-5-14-26,18-9-11-24-12-10-18)25-17-8-6-7-16(15-17)20(21,22)23/h6-12,15H,4-5,13-14H2,1-3H3/t27-/m0/s1. The first-order valence-electron chi connectivity index (χ1n) is 9.10. The van der Waals surface area contributed by atoms with Crippen molar-refractivity contribution in [2.75, 3.05) is 13.1 Å². The Morgan fingerprint density at radius 1 is 1.00 bits per heavy atom. The number of rotatable bonds is 3. The second kappa shape index (κ2) is 7.40. The predicted molar refractivity (Wildman–Crippen MR) is 105 cm³/mol. The number of pyridine rings is 1. The summed E-state index contributed by atoms with van der Waals surface area (Å²) in [4.78, 5) is 4.13. The van der Waals surface area contributed by atoms with Gasteiger partial charge in [-0.1, -0.05) is 26.8 Å². The molecule has 3 rings (SSSR count). The van der Waals surface area contributed by atoms with E-state index in [0.717, 1.165) is 43.4 Å². The van der Waals surface area contributed by atoms with Crippen molar-refractivity contribution < 1.29 is 13.2 Å². The van der Waals surface area contributed by atoms with Crippen LogP contribution in [0.15, 0.2) is 53.5 Å². The highest BCUT2D eigenvalue weighted by Crippen LogP contribution is 2.64. The smallest absolute Gasteiger partial charge is 0.265 e. The molecule has 27 heavy (non-hydrogen) atoms. The second-order valence-electron chi connectivity index (χ2n) is 7.79. The van der Waals surface area contributed by atoms with Crippen LogP contribution >= 0.6 is 7.21 Å². The molecule has 2 heterocycles. The number of hydrogen-bond acceptors (Lipinski definition) is 2. The van der Waals surface area contributed by atoms with Gasteiger partial charge in [0.1, 0.15) is 0 Å². The molecule has 0 radical (unpaired) electrons. The molecule has 1 atom stereocenters. The number of aromatic nitrogens is 1. The molecule has 0 amide bonds. The molecule has 1 aromatic heterocycles. The van der Waals surface area contributed by atoms with Crippen molar-refractivity contribution in [3.63, 3.8) is 0 Å². The maximum Gasteiger partial charge on any atom is 0.416 e.